The number of hydrogen-bond acceptors (Lipinski definition) is 4. The molecule has 0 aliphatic heterocycles. The van der Waals surface area contributed by atoms with E-state index in [-0.39, 0.29) is 11.1 Å². The summed E-state index contributed by atoms with van der Waals surface area (Å²) in [6.07, 6.45) is 0. The average Bonchev–Trinajstić information content (AvgIpc) is 2.46. The van der Waals surface area contributed by atoms with E-state index in [1.165, 1.54) is 36.4 Å². The zero-order chi connectivity index (χ0) is 15.3. The summed E-state index contributed by atoms with van der Waals surface area (Å²) in [5, 5.41) is 0. The molecule has 0 heterocycles. The van der Waals surface area contributed by atoms with E-state index in [9.17, 15) is 17.2 Å². The van der Waals surface area contributed by atoms with Crippen LogP contribution in [0, 0.1) is 11.6 Å². The van der Waals surface area contributed by atoms with Crippen LogP contribution in [0.5, 0.6) is 0 Å². The molecule has 112 valence electrons. The quantitative estimate of drug-likeness (QED) is 0.822. The molecule has 0 unspecified atom stereocenters. The van der Waals surface area contributed by atoms with Gasteiger partial charge in [-0.2, -0.15) is 8.42 Å². The Morgan fingerprint density at radius 3 is 1.52 bits per heavy atom. The molecule has 2 aromatic carbocycles. The van der Waals surface area contributed by atoms with Gasteiger partial charge in [0.2, 0.25) is 0 Å². The Morgan fingerprint density at radius 2 is 1.14 bits per heavy atom. The lowest BCUT2D eigenvalue weighted by atomic mass is 10.2. The zero-order valence-corrected chi connectivity index (χ0v) is 11.6. The molecule has 0 N–H and O–H groups in total. The average molecular weight is 314 g/mol. The molecule has 2 aromatic rings. The molecule has 0 aliphatic carbocycles. The Hall–Kier alpha value is -1.83. The minimum atomic E-state index is -4.34. The molecule has 0 saturated heterocycles. The molecule has 2 rings (SSSR count). The fourth-order valence-corrected chi connectivity index (χ4v) is 2.15. The Balaban J connectivity index is 1.94. The van der Waals surface area contributed by atoms with Crippen LogP contribution < -0.4 is 0 Å². The van der Waals surface area contributed by atoms with Crippen molar-refractivity contribution in [3.05, 3.63) is 71.3 Å². The first-order valence-corrected chi connectivity index (χ1v) is 7.32. The summed E-state index contributed by atoms with van der Waals surface area (Å²) in [6, 6.07) is 11.2. The highest BCUT2D eigenvalue weighted by atomic mass is 32.3. The van der Waals surface area contributed by atoms with E-state index in [0.29, 0.717) is 0 Å². The largest absolute Gasteiger partial charge is 0.400 e. The molecule has 0 radical (unpaired) electrons. The van der Waals surface area contributed by atoms with E-state index >= 15 is 0 Å². The van der Waals surface area contributed by atoms with E-state index < -0.39 is 35.2 Å². The first-order chi connectivity index (χ1) is 9.98. The van der Waals surface area contributed by atoms with Crippen molar-refractivity contribution in [1.29, 1.82) is 0 Å². The minimum absolute atomic E-state index is 0.0792. The third-order valence-corrected chi connectivity index (χ3v) is 3.45. The summed E-state index contributed by atoms with van der Waals surface area (Å²) in [4.78, 5) is 0. The summed E-state index contributed by atoms with van der Waals surface area (Å²) in [7, 11) is -4.34. The summed E-state index contributed by atoms with van der Waals surface area (Å²) in [5.74, 6) is -1.16. The normalized spacial score (nSPS) is 11.5. The van der Waals surface area contributed by atoms with Gasteiger partial charge in [0.05, 0.1) is 13.2 Å². The van der Waals surface area contributed by atoms with Crippen molar-refractivity contribution in [3.8, 4) is 0 Å². The maximum absolute atomic E-state index is 13.3. The van der Waals surface area contributed by atoms with Crippen molar-refractivity contribution in [3.63, 3.8) is 0 Å². The second-order valence-corrected chi connectivity index (χ2v) is 5.40. The predicted molar refractivity (Wildman–Crippen MR) is 71.3 cm³/mol. The molecule has 0 amide bonds. The first-order valence-electron chi connectivity index (χ1n) is 5.98. The smallest absolute Gasteiger partial charge is 0.243 e. The van der Waals surface area contributed by atoms with Gasteiger partial charge in [0.25, 0.3) is 0 Å². The Bertz CT molecular complexity index is 661. The van der Waals surface area contributed by atoms with Crippen LogP contribution in [0.4, 0.5) is 8.78 Å². The van der Waals surface area contributed by atoms with Crippen molar-refractivity contribution in [2.75, 3.05) is 0 Å². The van der Waals surface area contributed by atoms with Gasteiger partial charge in [-0.1, -0.05) is 36.4 Å². The van der Waals surface area contributed by atoms with Gasteiger partial charge in [-0.15, -0.1) is 0 Å². The van der Waals surface area contributed by atoms with Crippen LogP contribution in [0.3, 0.4) is 0 Å². The second-order valence-electron chi connectivity index (χ2n) is 4.12. The highest BCUT2D eigenvalue weighted by molar-refractivity contribution is 7.81. The topological polar surface area (TPSA) is 52.6 Å². The van der Waals surface area contributed by atoms with Crippen LogP contribution in [-0.2, 0) is 32.0 Å². The molecule has 0 bridgehead atoms. The van der Waals surface area contributed by atoms with Gasteiger partial charge in [-0.05, 0) is 12.1 Å². The van der Waals surface area contributed by atoms with Crippen LogP contribution in [0.25, 0.3) is 0 Å². The number of benzene rings is 2. The van der Waals surface area contributed by atoms with Crippen LogP contribution in [0.1, 0.15) is 11.1 Å². The maximum atomic E-state index is 13.3. The van der Waals surface area contributed by atoms with Gasteiger partial charge in [0.1, 0.15) is 11.6 Å². The Morgan fingerprint density at radius 1 is 0.762 bits per heavy atom. The van der Waals surface area contributed by atoms with Gasteiger partial charge in [0.15, 0.2) is 0 Å². The van der Waals surface area contributed by atoms with E-state index in [1.807, 2.05) is 0 Å². The Labute approximate surface area is 121 Å². The maximum Gasteiger partial charge on any atom is 0.400 e. The number of hydrogen-bond donors (Lipinski definition) is 0. The summed E-state index contributed by atoms with van der Waals surface area (Å²) < 4.78 is 58.7. The molecule has 0 aromatic heterocycles. The molecule has 0 saturated carbocycles. The number of halogens is 2. The highest BCUT2D eigenvalue weighted by Crippen LogP contribution is 2.13. The fraction of sp³-hybridized carbons (Fsp3) is 0.143. The van der Waals surface area contributed by atoms with E-state index in [4.69, 9.17) is 0 Å². The molecule has 4 nitrogen and oxygen atoms in total. The van der Waals surface area contributed by atoms with Crippen LogP contribution >= 0.6 is 0 Å². The molecule has 7 heteroatoms. The number of rotatable bonds is 6. The summed E-state index contributed by atoms with van der Waals surface area (Å²) in [6.45, 7) is -0.988. The first kappa shape index (κ1) is 15.6. The standard InChI is InChI=1S/C14H12F2O4S/c15-13-7-3-1-5-11(13)9-19-21(17,18)20-10-12-6-2-4-8-14(12)16/h1-8H,9-10H2. The second kappa shape index (κ2) is 6.75. The lowest BCUT2D eigenvalue weighted by molar-refractivity contribution is 0.198. The van der Waals surface area contributed by atoms with Gasteiger partial charge in [-0.3, -0.25) is 0 Å². The summed E-state index contributed by atoms with van der Waals surface area (Å²) >= 11 is 0. The van der Waals surface area contributed by atoms with E-state index in [2.05, 4.69) is 8.37 Å². The lowest BCUT2D eigenvalue weighted by Gasteiger charge is -2.07. The highest BCUT2D eigenvalue weighted by Gasteiger charge is 2.15. The van der Waals surface area contributed by atoms with Crippen molar-refractivity contribution >= 4 is 10.4 Å². The zero-order valence-electron chi connectivity index (χ0n) is 10.8. The molecular weight excluding hydrogens is 302 g/mol. The molecule has 0 aliphatic rings. The SMILES string of the molecule is O=S(=O)(OCc1ccccc1F)OCc1ccccc1F. The fourth-order valence-electron chi connectivity index (χ4n) is 1.54. The molecule has 0 fully saturated rings. The van der Waals surface area contributed by atoms with Crippen LogP contribution in [0.2, 0.25) is 0 Å². The van der Waals surface area contributed by atoms with Crippen LogP contribution in [-0.4, -0.2) is 8.42 Å². The monoisotopic (exact) mass is 314 g/mol. The molecule has 0 atom stereocenters. The van der Waals surface area contributed by atoms with E-state index in [0.717, 1.165) is 0 Å². The van der Waals surface area contributed by atoms with Gasteiger partial charge >= 0.3 is 10.4 Å². The van der Waals surface area contributed by atoms with Crippen molar-refractivity contribution in [2.24, 2.45) is 0 Å². The van der Waals surface area contributed by atoms with Crippen molar-refractivity contribution in [2.45, 2.75) is 13.2 Å². The summed E-state index contributed by atoms with van der Waals surface area (Å²) in [5.41, 5.74) is 0.158. The third kappa shape index (κ3) is 4.59. The van der Waals surface area contributed by atoms with Gasteiger partial charge in [-0.25, -0.2) is 17.1 Å². The third-order valence-electron chi connectivity index (χ3n) is 2.63. The van der Waals surface area contributed by atoms with Gasteiger partial charge in [0, 0.05) is 11.1 Å². The lowest BCUT2D eigenvalue weighted by Crippen LogP contribution is -2.11. The van der Waals surface area contributed by atoms with Gasteiger partial charge < -0.3 is 0 Å². The van der Waals surface area contributed by atoms with Crippen molar-refractivity contribution in [1.82, 2.24) is 0 Å². The molecular formula is C14H12F2O4S. The Kier molecular flexibility index (Phi) is 5.00. The van der Waals surface area contributed by atoms with E-state index in [1.54, 1.807) is 12.1 Å². The molecule has 21 heavy (non-hydrogen) atoms. The van der Waals surface area contributed by atoms with Crippen LogP contribution in [0.15, 0.2) is 48.5 Å². The van der Waals surface area contributed by atoms with Crippen molar-refractivity contribution < 1.29 is 25.6 Å². The predicted octanol–water partition coefficient (Wildman–Crippen LogP) is 2.94. The minimum Gasteiger partial charge on any atom is -0.243 e. The molecule has 0 spiro atoms.